The van der Waals surface area contributed by atoms with Gasteiger partial charge in [0.05, 0.1) is 41.4 Å². The Morgan fingerprint density at radius 2 is 1.90 bits per heavy atom. The number of nitrogens with zero attached hydrogens (tertiary/aromatic N) is 6. The number of nitrogens with one attached hydrogen (secondary N) is 1. The summed E-state index contributed by atoms with van der Waals surface area (Å²) in [5.74, 6) is 0.836. The first-order valence-electron chi connectivity index (χ1n) is 10.4. The molecule has 1 aliphatic heterocycles. The zero-order valence-electron chi connectivity index (χ0n) is 17.9. The molecule has 1 aromatic carbocycles. The maximum atomic E-state index is 13.8. The number of piperidine rings is 1. The highest BCUT2D eigenvalue weighted by Gasteiger charge is 2.34. The van der Waals surface area contributed by atoms with Crippen molar-refractivity contribution in [3.63, 3.8) is 0 Å². The maximum absolute atomic E-state index is 13.8. The Labute approximate surface area is 186 Å². The van der Waals surface area contributed by atoms with Crippen molar-refractivity contribution in [3.8, 4) is 5.69 Å². The molecule has 8 nitrogen and oxygen atoms in total. The van der Waals surface area contributed by atoms with Gasteiger partial charge in [0.1, 0.15) is 5.69 Å². The summed E-state index contributed by atoms with van der Waals surface area (Å²) in [6.45, 7) is 7.48. The van der Waals surface area contributed by atoms with Crippen molar-refractivity contribution in [2.24, 2.45) is 5.92 Å². The predicted molar refractivity (Wildman–Crippen MR) is 120 cm³/mol. The number of rotatable bonds is 5. The summed E-state index contributed by atoms with van der Waals surface area (Å²) in [5.41, 5.74) is 3.44. The summed E-state index contributed by atoms with van der Waals surface area (Å²) in [6, 6.07) is 3.88. The van der Waals surface area contributed by atoms with E-state index in [4.69, 9.17) is 11.6 Å². The molecule has 2 unspecified atom stereocenters. The second-order valence-corrected chi connectivity index (χ2v) is 8.45. The fourth-order valence-corrected chi connectivity index (χ4v) is 4.23. The number of anilines is 1. The number of aromatic nitrogens is 5. The Kier molecular flexibility index (Phi) is 6.18. The van der Waals surface area contributed by atoms with E-state index < -0.39 is 0 Å². The van der Waals surface area contributed by atoms with Crippen LogP contribution < -0.4 is 5.32 Å². The molecule has 1 saturated heterocycles. The molecule has 0 bridgehead atoms. The Hall–Kier alpha value is -3.00. The van der Waals surface area contributed by atoms with E-state index in [1.54, 1.807) is 24.8 Å². The van der Waals surface area contributed by atoms with E-state index in [0.717, 1.165) is 29.7 Å². The van der Waals surface area contributed by atoms with Crippen molar-refractivity contribution in [2.75, 3.05) is 18.4 Å². The number of hydrogen-bond acceptors (Lipinski definition) is 6. The van der Waals surface area contributed by atoms with Gasteiger partial charge >= 0.3 is 0 Å². The normalized spacial score (nSPS) is 18.8. The van der Waals surface area contributed by atoms with Crippen molar-refractivity contribution in [2.45, 2.75) is 39.7 Å². The lowest BCUT2D eigenvalue weighted by molar-refractivity contribution is 0.0539. The third-order valence-electron chi connectivity index (χ3n) is 6.02. The number of halogens is 1. The van der Waals surface area contributed by atoms with E-state index in [2.05, 4.69) is 32.4 Å². The molecule has 1 fully saturated rings. The average molecular weight is 440 g/mol. The van der Waals surface area contributed by atoms with Crippen LogP contribution in [0.2, 0.25) is 5.02 Å². The van der Waals surface area contributed by atoms with Crippen LogP contribution in [0.25, 0.3) is 5.69 Å². The van der Waals surface area contributed by atoms with Gasteiger partial charge in [0.25, 0.3) is 5.91 Å². The topological polar surface area (TPSA) is 88.8 Å². The molecule has 0 aliphatic carbocycles. The second-order valence-electron chi connectivity index (χ2n) is 8.01. The van der Waals surface area contributed by atoms with Gasteiger partial charge in [0, 0.05) is 13.1 Å². The fourth-order valence-electron chi connectivity index (χ4n) is 4.13. The minimum Gasteiger partial charge on any atom is -0.352 e. The number of carbonyl (C=O) groups excluding carboxylic acids is 1. The smallest absolute Gasteiger partial charge is 0.256 e. The summed E-state index contributed by atoms with van der Waals surface area (Å²) < 4.78 is 0. The quantitative estimate of drug-likeness (QED) is 0.652. The molecule has 2 aromatic heterocycles. The van der Waals surface area contributed by atoms with Gasteiger partial charge in [-0.15, -0.1) is 0 Å². The minimum absolute atomic E-state index is 0.00854. The third kappa shape index (κ3) is 4.39. The number of likely N-dealkylation sites (tertiary alicyclic amines) is 1. The van der Waals surface area contributed by atoms with Gasteiger partial charge in [-0.3, -0.25) is 4.79 Å². The molecule has 9 heteroatoms. The molecule has 31 heavy (non-hydrogen) atoms. The molecule has 0 radical (unpaired) electrons. The average Bonchev–Trinajstić information content (AvgIpc) is 3.29. The van der Waals surface area contributed by atoms with Crippen LogP contribution in [-0.2, 0) is 0 Å². The van der Waals surface area contributed by atoms with E-state index in [9.17, 15) is 4.79 Å². The van der Waals surface area contributed by atoms with E-state index in [1.165, 1.54) is 4.80 Å². The van der Waals surface area contributed by atoms with Crippen LogP contribution in [0.1, 0.15) is 41.3 Å². The van der Waals surface area contributed by atoms with Crippen LogP contribution in [0.3, 0.4) is 0 Å². The van der Waals surface area contributed by atoms with E-state index in [-0.39, 0.29) is 11.9 Å². The fraction of sp³-hybridized carbons (Fsp3) is 0.409. The number of hydrogen-bond donors (Lipinski definition) is 1. The first kappa shape index (κ1) is 21.2. The summed E-state index contributed by atoms with van der Waals surface area (Å²) in [4.78, 5) is 25.7. The lowest BCUT2D eigenvalue weighted by Crippen LogP contribution is -2.51. The van der Waals surface area contributed by atoms with Crippen molar-refractivity contribution in [3.05, 3.63) is 58.6 Å². The Morgan fingerprint density at radius 1 is 1.19 bits per heavy atom. The zero-order valence-corrected chi connectivity index (χ0v) is 18.7. The summed E-state index contributed by atoms with van der Waals surface area (Å²) in [6.07, 6.45) is 8.40. The SMILES string of the molecule is Cc1ccc(C(=O)N2CCCC(C)C2CNc2ncc(Cl)cn2)c(-n2nccn2)c1C. The summed E-state index contributed by atoms with van der Waals surface area (Å²) in [5, 5.41) is 12.3. The predicted octanol–water partition coefficient (Wildman–Crippen LogP) is 3.68. The first-order chi connectivity index (χ1) is 15.0. The molecule has 3 aromatic rings. The molecule has 0 saturated carbocycles. The van der Waals surface area contributed by atoms with E-state index in [1.807, 2.05) is 30.9 Å². The molecular formula is C22H26ClN7O. The monoisotopic (exact) mass is 439 g/mol. The lowest BCUT2D eigenvalue weighted by atomic mass is 9.89. The van der Waals surface area contributed by atoms with Gasteiger partial charge in [-0.05, 0) is 49.8 Å². The molecular weight excluding hydrogens is 414 g/mol. The van der Waals surface area contributed by atoms with Crippen LogP contribution in [0.4, 0.5) is 5.95 Å². The van der Waals surface area contributed by atoms with Crippen molar-refractivity contribution in [1.82, 2.24) is 29.9 Å². The molecule has 3 heterocycles. The van der Waals surface area contributed by atoms with Crippen LogP contribution in [0.15, 0.2) is 36.9 Å². The Morgan fingerprint density at radius 3 is 2.61 bits per heavy atom. The van der Waals surface area contributed by atoms with Crippen LogP contribution >= 0.6 is 11.6 Å². The van der Waals surface area contributed by atoms with Gasteiger partial charge in [-0.25, -0.2) is 9.97 Å². The van der Waals surface area contributed by atoms with Gasteiger partial charge in [0.15, 0.2) is 0 Å². The molecule has 0 spiro atoms. The standard InChI is InChI=1S/C22H26ClN7O/c1-14-6-7-18(20(16(14)3)30-27-8-9-28-30)21(31)29-10-4-5-15(2)19(29)13-26-22-24-11-17(23)12-25-22/h6-9,11-12,15,19H,4-5,10,13H2,1-3H3,(H,24,25,26). The minimum atomic E-state index is -0.00854. The van der Waals surface area contributed by atoms with Crippen LogP contribution in [-0.4, -0.2) is 54.9 Å². The van der Waals surface area contributed by atoms with Gasteiger partial charge in [0.2, 0.25) is 5.95 Å². The molecule has 1 amide bonds. The summed E-state index contributed by atoms with van der Waals surface area (Å²) in [7, 11) is 0. The van der Waals surface area contributed by atoms with Gasteiger partial charge < -0.3 is 10.2 Å². The van der Waals surface area contributed by atoms with Crippen LogP contribution in [0, 0.1) is 19.8 Å². The Balaban J connectivity index is 1.63. The molecule has 1 N–H and O–H groups in total. The van der Waals surface area contributed by atoms with Crippen molar-refractivity contribution < 1.29 is 4.79 Å². The van der Waals surface area contributed by atoms with E-state index >= 15 is 0 Å². The van der Waals surface area contributed by atoms with Crippen molar-refractivity contribution in [1.29, 1.82) is 0 Å². The number of amides is 1. The lowest BCUT2D eigenvalue weighted by Gasteiger charge is -2.40. The third-order valence-corrected chi connectivity index (χ3v) is 6.21. The largest absolute Gasteiger partial charge is 0.352 e. The van der Waals surface area contributed by atoms with E-state index in [0.29, 0.717) is 35.5 Å². The number of carbonyl (C=O) groups is 1. The zero-order chi connectivity index (χ0) is 22.0. The highest BCUT2D eigenvalue weighted by atomic mass is 35.5. The highest BCUT2D eigenvalue weighted by molar-refractivity contribution is 6.30. The second kappa shape index (κ2) is 9.01. The maximum Gasteiger partial charge on any atom is 0.256 e. The molecule has 4 rings (SSSR count). The van der Waals surface area contributed by atoms with Gasteiger partial charge in [-0.2, -0.15) is 15.0 Å². The first-order valence-corrected chi connectivity index (χ1v) is 10.8. The molecule has 162 valence electrons. The molecule has 1 aliphatic rings. The number of aryl methyl sites for hydroxylation is 1. The summed E-state index contributed by atoms with van der Waals surface area (Å²) >= 11 is 5.88. The van der Waals surface area contributed by atoms with Crippen LogP contribution in [0.5, 0.6) is 0 Å². The Bertz CT molecular complexity index is 1050. The van der Waals surface area contributed by atoms with Gasteiger partial charge in [-0.1, -0.05) is 24.6 Å². The number of benzene rings is 1. The van der Waals surface area contributed by atoms with Crippen molar-refractivity contribution >= 4 is 23.5 Å². The molecule has 2 atom stereocenters. The highest BCUT2D eigenvalue weighted by Crippen LogP contribution is 2.28.